The summed E-state index contributed by atoms with van der Waals surface area (Å²) in [5.74, 6) is 1.39. The zero-order chi connectivity index (χ0) is 11.3. The van der Waals surface area contributed by atoms with Crippen molar-refractivity contribution < 1.29 is 14.3 Å². The lowest BCUT2D eigenvalue weighted by molar-refractivity contribution is 0.0860. The van der Waals surface area contributed by atoms with Gasteiger partial charge in [0.25, 0.3) is 0 Å². The topological polar surface area (TPSA) is 39.7 Å². The molecule has 1 rings (SSSR count). The molecular formula is C10H14BrNO3. The Bertz CT molecular complexity index is 331. The van der Waals surface area contributed by atoms with Gasteiger partial charge in [0, 0.05) is 12.1 Å². The number of halogens is 1. The Balaban J connectivity index is 3.05. The van der Waals surface area contributed by atoms with Crippen LogP contribution in [0.2, 0.25) is 0 Å². The third-order valence-corrected chi connectivity index (χ3v) is 2.59. The van der Waals surface area contributed by atoms with Crippen LogP contribution in [0.25, 0.3) is 0 Å². The summed E-state index contributed by atoms with van der Waals surface area (Å²) in [6.07, 6.45) is 0. The molecule has 15 heavy (non-hydrogen) atoms. The smallest absolute Gasteiger partial charge is 0.175 e. The summed E-state index contributed by atoms with van der Waals surface area (Å²) in [7, 11) is 4.79. The van der Waals surface area contributed by atoms with Crippen LogP contribution in [0.15, 0.2) is 16.6 Å². The number of benzene rings is 1. The van der Waals surface area contributed by atoms with Crippen molar-refractivity contribution in [1.82, 2.24) is 5.48 Å². The SMILES string of the molecule is CONCc1ccc(Br)c(OC)c1OC. The monoisotopic (exact) mass is 275 g/mol. The second-order valence-electron chi connectivity index (χ2n) is 2.80. The van der Waals surface area contributed by atoms with E-state index in [0.29, 0.717) is 18.0 Å². The Labute approximate surface area is 97.6 Å². The first-order chi connectivity index (χ1) is 7.24. The fourth-order valence-corrected chi connectivity index (χ4v) is 1.76. The normalized spacial score (nSPS) is 10.1. The van der Waals surface area contributed by atoms with Gasteiger partial charge in [-0.25, -0.2) is 0 Å². The molecule has 0 atom stereocenters. The van der Waals surface area contributed by atoms with Crippen LogP contribution in [0, 0.1) is 0 Å². The van der Waals surface area contributed by atoms with Gasteiger partial charge < -0.3 is 14.3 Å². The van der Waals surface area contributed by atoms with Gasteiger partial charge in [0.1, 0.15) is 0 Å². The number of hydroxylamine groups is 1. The number of hydrogen-bond donors (Lipinski definition) is 1. The summed E-state index contributed by atoms with van der Waals surface area (Å²) in [6.45, 7) is 0.559. The lowest BCUT2D eigenvalue weighted by Crippen LogP contribution is -2.12. The third-order valence-electron chi connectivity index (χ3n) is 1.96. The molecule has 1 aromatic carbocycles. The number of methoxy groups -OCH3 is 2. The van der Waals surface area contributed by atoms with Crippen LogP contribution in [0.5, 0.6) is 11.5 Å². The van der Waals surface area contributed by atoms with Gasteiger partial charge in [-0.15, -0.1) is 0 Å². The van der Waals surface area contributed by atoms with Crippen molar-refractivity contribution in [2.75, 3.05) is 21.3 Å². The highest BCUT2D eigenvalue weighted by molar-refractivity contribution is 9.10. The molecule has 0 bridgehead atoms. The van der Waals surface area contributed by atoms with Crippen molar-refractivity contribution in [2.45, 2.75) is 6.54 Å². The first kappa shape index (κ1) is 12.3. The molecule has 0 saturated heterocycles. The molecule has 5 heteroatoms. The predicted octanol–water partition coefficient (Wildman–Crippen LogP) is 2.12. The summed E-state index contributed by atoms with van der Waals surface area (Å²) >= 11 is 3.39. The molecular weight excluding hydrogens is 262 g/mol. The zero-order valence-corrected chi connectivity index (χ0v) is 10.6. The minimum absolute atomic E-state index is 0.559. The van der Waals surface area contributed by atoms with E-state index in [1.165, 1.54) is 0 Å². The van der Waals surface area contributed by atoms with Gasteiger partial charge in [-0.2, -0.15) is 5.48 Å². The van der Waals surface area contributed by atoms with Crippen LogP contribution >= 0.6 is 15.9 Å². The molecule has 0 radical (unpaired) electrons. The molecule has 0 aromatic heterocycles. The van der Waals surface area contributed by atoms with Crippen molar-refractivity contribution in [3.05, 3.63) is 22.2 Å². The summed E-state index contributed by atoms with van der Waals surface area (Å²) in [4.78, 5) is 4.79. The molecule has 0 unspecified atom stereocenters. The van der Waals surface area contributed by atoms with Crippen molar-refractivity contribution in [3.8, 4) is 11.5 Å². The van der Waals surface area contributed by atoms with Crippen LogP contribution in [0.3, 0.4) is 0 Å². The van der Waals surface area contributed by atoms with E-state index in [1.807, 2.05) is 12.1 Å². The lowest BCUT2D eigenvalue weighted by Gasteiger charge is -2.14. The predicted molar refractivity (Wildman–Crippen MR) is 61.1 cm³/mol. The largest absolute Gasteiger partial charge is 0.492 e. The fourth-order valence-electron chi connectivity index (χ4n) is 1.28. The van der Waals surface area contributed by atoms with E-state index in [2.05, 4.69) is 21.4 Å². The first-order valence-corrected chi connectivity index (χ1v) is 5.19. The Morgan fingerprint density at radius 1 is 1.13 bits per heavy atom. The van der Waals surface area contributed by atoms with Gasteiger partial charge >= 0.3 is 0 Å². The van der Waals surface area contributed by atoms with Crippen molar-refractivity contribution in [3.63, 3.8) is 0 Å². The lowest BCUT2D eigenvalue weighted by atomic mass is 10.2. The van der Waals surface area contributed by atoms with E-state index >= 15 is 0 Å². The standard InChI is InChI=1S/C10H14BrNO3/c1-13-9-7(6-12-15-3)4-5-8(11)10(9)14-2/h4-5,12H,6H2,1-3H3. The molecule has 4 nitrogen and oxygen atoms in total. The maximum absolute atomic E-state index is 5.29. The molecule has 0 aliphatic rings. The van der Waals surface area contributed by atoms with Gasteiger partial charge in [-0.1, -0.05) is 6.07 Å². The van der Waals surface area contributed by atoms with E-state index in [0.717, 1.165) is 10.0 Å². The Kier molecular flexibility index (Phi) is 4.87. The quantitative estimate of drug-likeness (QED) is 0.836. The average Bonchev–Trinajstić information content (AvgIpc) is 2.26. The molecule has 0 aliphatic carbocycles. The van der Waals surface area contributed by atoms with Crippen LogP contribution in [0.4, 0.5) is 0 Å². The average molecular weight is 276 g/mol. The van der Waals surface area contributed by atoms with Gasteiger partial charge in [0.2, 0.25) is 0 Å². The van der Waals surface area contributed by atoms with E-state index in [-0.39, 0.29) is 0 Å². The van der Waals surface area contributed by atoms with Gasteiger partial charge in [-0.3, -0.25) is 0 Å². The highest BCUT2D eigenvalue weighted by Crippen LogP contribution is 2.37. The molecule has 0 heterocycles. The Morgan fingerprint density at radius 2 is 1.80 bits per heavy atom. The van der Waals surface area contributed by atoms with Crippen molar-refractivity contribution in [1.29, 1.82) is 0 Å². The molecule has 1 aromatic rings. The molecule has 0 saturated carbocycles. The Hall–Kier alpha value is -0.780. The molecule has 84 valence electrons. The molecule has 0 fully saturated rings. The summed E-state index contributed by atoms with van der Waals surface area (Å²) in [5, 5.41) is 0. The van der Waals surface area contributed by atoms with Crippen molar-refractivity contribution in [2.24, 2.45) is 0 Å². The van der Waals surface area contributed by atoms with E-state index in [4.69, 9.17) is 14.3 Å². The molecule has 0 aliphatic heterocycles. The first-order valence-electron chi connectivity index (χ1n) is 4.39. The van der Waals surface area contributed by atoms with Gasteiger partial charge in [-0.05, 0) is 22.0 Å². The van der Waals surface area contributed by atoms with Crippen LogP contribution < -0.4 is 15.0 Å². The minimum atomic E-state index is 0.559. The highest BCUT2D eigenvalue weighted by atomic mass is 79.9. The van der Waals surface area contributed by atoms with Crippen LogP contribution in [-0.4, -0.2) is 21.3 Å². The number of rotatable bonds is 5. The number of ether oxygens (including phenoxy) is 2. The second kappa shape index (κ2) is 5.95. The summed E-state index contributed by atoms with van der Waals surface area (Å²) in [5.41, 5.74) is 3.73. The number of nitrogens with one attached hydrogen (secondary N) is 1. The van der Waals surface area contributed by atoms with Crippen LogP contribution in [-0.2, 0) is 11.4 Å². The van der Waals surface area contributed by atoms with E-state index in [9.17, 15) is 0 Å². The molecule has 0 spiro atoms. The molecule has 1 N–H and O–H groups in total. The minimum Gasteiger partial charge on any atom is -0.492 e. The second-order valence-corrected chi connectivity index (χ2v) is 3.65. The molecule has 0 amide bonds. The fraction of sp³-hybridized carbons (Fsp3) is 0.400. The zero-order valence-electron chi connectivity index (χ0n) is 8.96. The van der Waals surface area contributed by atoms with E-state index < -0.39 is 0 Å². The summed E-state index contributed by atoms with van der Waals surface area (Å²) in [6, 6.07) is 3.85. The maximum Gasteiger partial charge on any atom is 0.175 e. The van der Waals surface area contributed by atoms with Gasteiger partial charge in [0.05, 0.1) is 25.8 Å². The highest BCUT2D eigenvalue weighted by Gasteiger charge is 2.12. The van der Waals surface area contributed by atoms with Crippen molar-refractivity contribution >= 4 is 15.9 Å². The van der Waals surface area contributed by atoms with Crippen LogP contribution in [0.1, 0.15) is 5.56 Å². The Morgan fingerprint density at radius 3 is 2.33 bits per heavy atom. The van der Waals surface area contributed by atoms with Gasteiger partial charge in [0.15, 0.2) is 11.5 Å². The van der Waals surface area contributed by atoms with E-state index in [1.54, 1.807) is 21.3 Å². The third kappa shape index (κ3) is 2.84. The maximum atomic E-state index is 5.29. The summed E-state index contributed by atoms with van der Waals surface area (Å²) < 4.78 is 11.4. The number of hydrogen-bond acceptors (Lipinski definition) is 4.